The zero-order valence-electron chi connectivity index (χ0n) is 43.0. The molecule has 0 bridgehead atoms. The number of thiazole rings is 1. The number of hydrogen-bond acceptors (Lipinski definition) is 12. The third-order valence-corrected chi connectivity index (χ3v) is 16.2. The van der Waals surface area contributed by atoms with E-state index < -0.39 is 29.5 Å². The molecule has 7 rings (SSSR count). The Kier molecular flexibility index (Phi) is 16.9. The van der Waals surface area contributed by atoms with Gasteiger partial charge in [-0.3, -0.25) is 29.0 Å². The molecule has 15 nitrogen and oxygen atoms in total. The summed E-state index contributed by atoms with van der Waals surface area (Å²) >= 11 is 7.84. The Morgan fingerprint density at radius 3 is 2.29 bits per heavy atom. The van der Waals surface area contributed by atoms with Gasteiger partial charge in [0.25, 0.3) is 5.91 Å². The van der Waals surface area contributed by atoms with Gasteiger partial charge in [0, 0.05) is 67.1 Å². The number of carbonyl (C=O) groups is 4. The van der Waals surface area contributed by atoms with Gasteiger partial charge in [-0.05, 0) is 79.6 Å². The van der Waals surface area contributed by atoms with Crippen molar-refractivity contribution >= 4 is 46.6 Å². The Balaban J connectivity index is 0.862. The Bertz CT molecular complexity index is 2610. The number of carbonyl (C=O) groups excluding carboxylic acids is 4. The van der Waals surface area contributed by atoms with Crippen molar-refractivity contribution in [2.45, 2.75) is 124 Å². The smallest absolute Gasteiger partial charge is 0.251 e. The highest BCUT2D eigenvalue weighted by Gasteiger charge is 2.64. The second-order valence-corrected chi connectivity index (χ2v) is 23.4. The maximum absolute atomic E-state index is 14.3. The van der Waals surface area contributed by atoms with Crippen LogP contribution in [0.3, 0.4) is 0 Å². The number of rotatable bonds is 17. The van der Waals surface area contributed by atoms with Crippen molar-refractivity contribution in [3.05, 3.63) is 105 Å². The standard InChI is InChI=1S/C55H71ClN8O7S/c1-33(36-16-18-37(19-17-36)46-34(2)58-32-72-46)59-49(69)44-25-41(66)29-64(44)50(70)47(53(3,4)5)60-45(67)30-62-23-24-63(40(28-62)31-65)22-10-11-35-12-14-38(15-13-35)48(68)61-51-54(6,7)52(55(51,8)9)71-42-21-20-39(27-57)43(56)26-42/h12-21,26,32-33,40-41,44,47,51-52,65-66H,10-11,22-25,28-31H2,1-9H3,(H,59,69)(H,60,67)(H,61,68)/t33-,40+,41+,44?,47+,51-,52-/m0/s1. The summed E-state index contributed by atoms with van der Waals surface area (Å²) in [5.41, 5.74) is 5.29. The number of piperazine rings is 1. The fraction of sp³-hybridized carbons (Fsp3) is 0.527. The number of β-amino-alcohol motifs (C(OH)–C–C–N with tert-alkyl or cyclic N) is 1. The third-order valence-electron chi connectivity index (χ3n) is 14.9. The first-order valence-electron chi connectivity index (χ1n) is 24.9. The van der Waals surface area contributed by atoms with Crippen molar-refractivity contribution in [3.8, 4) is 22.3 Å². The SMILES string of the molecule is Cc1ncsc1-c1ccc([C@H](C)NC(=O)C2C[C@@H](O)CN2C(=O)[C@@H](NC(=O)CN2CCN(CCCc3ccc(C(=O)N[C@H]4C(C)(C)[C@H](Oc5ccc(C#N)c(Cl)c5)C4(C)C)cc3)[C@@H](CO)C2)C(C)(C)C)cc1. The van der Waals surface area contributed by atoms with Gasteiger partial charge in [0.15, 0.2) is 0 Å². The van der Waals surface area contributed by atoms with E-state index in [0.717, 1.165) is 46.6 Å². The van der Waals surface area contributed by atoms with Gasteiger partial charge in [-0.2, -0.15) is 5.26 Å². The molecule has 3 fully saturated rings. The van der Waals surface area contributed by atoms with Crippen LogP contribution >= 0.6 is 22.9 Å². The maximum atomic E-state index is 14.3. The number of nitriles is 1. The summed E-state index contributed by atoms with van der Waals surface area (Å²) in [6, 6.07) is 20.2. The van der Waals surface area contributed by atoms with Gasteiger partial charge < -0.3 is 35.8 Å². The zero-order valence-corrected chi connectivity index (χ0v) is 44.6. The minimum Gasteiger partial charge on any atom is -0.489 e. The Hall–Kier alpha value is -5.41. The quantitative estimate of drug-likeness (QED) is 0.0770. The van der Waals surface area contributed by atoms with Crippen LogP contribution in [-0.2, 0) is 20.8 Å². The van der Waals surface area contributed by atoms with Crippen molar-refractivity contribution in [3.63, 3.8) is 0 Å². The van der Waals surface area contributed by atoms with Crippen molar-refractivity contribution in [2.75, 3.05) is 45.9 Å². The number of amides is 4. The minimum absolute atomic E-state index is 0.0187. The van der Waals surface area contributed by atoms with Crippen LogP contribution in [0.2, 0.25) is 5.02 Å². The van der Waals surface area contributed by atoms with E-state index in [1.54, 1.807) is 29.5 Å². The van der Waals surface area contributed by atoms with Crippen molar-refractivity contribution in [1.29, 1.82) is 5.26 Å². The molecule has 2 aliphatic heterocycles. The lowest BCUT2D eigenvalue weighted by Gasteiger charge is -2.63. The van der Waals surface area contributed by atoms with E-state index in [1.165, 1.54) is 4.90 Å². The van der Waals surface area contributed by atoms with Crippen molar-refractivity contribution in [1.82, 2.24) is 35.6 Å². The number of aromatic nitrogens is 1. The predicted octanol–water partition coefficient (Wildman–Crippen LogP) is 6.54. The van der Waals surface area contributed by atoms with Crippen LogP contribution in [0.4, 0.5) is 0 Å². The van der Waals surface area contributed by atoms with E-state index in [9.17, 15) is 34.7 Å². The van der Waals surface area contributed by atoms with Crippen LogP contribution in [0.25, 0.3) is 10.4 Å². The second kappa shape index (κ2) is 22.4. The molecule has 2 saturated heterocycles. The van der Waals surface area contributed by atoms with Gasteiger partial charge in [0.05, 0.1) is 52.0 Å². The molecule has 1 aliphatic carbocycles. The van der Waals surface area contributed by atoms with Gasteiger partial charge in [-0.25, -0.2) is 4.98 Å². The van der Waals surface area contributed by atoms with Gasteiger partial charge in [0.1, 0.15) is 30.0 Å². The van der Waals surface area contributed by atoms with Crippen LogP contribution in [0, 0.1) is 34.5 Å². The van der Waals surface area contributed by atoms with Crippen LogP contribution in [0.5, 0.6) is 5.75 Å². The first-order valence-corrected chi connectivity index (χ1v) is 26.2. The Morgan fingerprint density at radius 1 is 0.986 bits per heavy atom. The molecule has 386 valence electrons. The highest BCUT2D eigenvalue weighted by molar-refractivity contribution is 7.13. The lowest BCUT2D eigenvalue weighted by atomic mass is 9.49. The van der Waals surface area contributed by atoms with E-state index in [1.807, 2.05) is 93.6 Å². The molecular formula is C55H71ClN8O7S. The minimum atomic E-state index is -0.957. The first-order chi connectivity index (χ1) is 34.0. The Morgan fingerprint density at radius 2 is 1.68 bits per heavy atom. The van der Waals surface area contributed by atoms with E-state index in [0.29, 0.717) is 41.5 Å². The summed E-state index contributed by atoms with van der Waals surface area (Å²) in [5.74, 6) is -0.699. The lowest BCUT2D eigenvalue weighted by molar-refractivity contribution is -0.164. The summed E-state index contributed by atoms with van der Waals surface area (Å²) in [6.07, 6.45) is 0.608. The molecule has 4 aromatic rings. The topological polar surface area (TPSA) is 200 Å². The monoisotopic (exact) mass is 1020 g/mol. The van der Waals surface area contributed by atoms with Crippen LogP contribution < -0.4 is 20.7 Å². The molecule has 3 aliphatic rings. The molecular weight excluding hydrogens is 952 g/mol. The molecule has 1 unspecified atom stereocenters. The van der Waals surface area contributed by atoms with Crippen molar-refractivity contribution < 1.29 is 34.1 Å². The largest absolute Gasteiger partial charge is 0.489 e. The Labute approximate surface area is 433 Å². The molecule has 5 atom stereocenters. The number of aliphatic hydroxyl groups is 2. The number of aryl methyl sites for hydroxylation is 2. The van der Waals surface area contributed by atoms with E-state index in [-0.39, 0.29) is 78.9 Å². The third kappa shape index (κ3) is 12.2. The van der Waals surface area contributed by atoms with E-state index in [4.69, 9.17) is 16.3 Å². The van der Waals surface area contributed by atoms with Crippen LogP contribution in [0.1, 0.15) is 107 Å². The number of benzene rings is 3. The average molecular weight is 1020 g/mol. The fourth-order valence-electron chi connectivity index (χ4n) is 11.1. The molecule has 3 aromatic carbocycles. The van der Waals surface area contributed by atoms with Crippen LogP contribution in [0.15, 0.2) is 72.2 Å². The number of ether oxygens (including phenoxy) is 1. The van der Waals surface area contributed by atoms with Gasteiger partial charge >= 0.3 is 0 Å². The summed E-state index contributed by atoms with van der Waals surface area (Å²) in [6.45, 7) is 20.1. The molecule has 0 radical (unpaired) electrons. The molecule has 4 amide bonds. The van der Waals surface area contributed by atoms with Gasteiger partial charge in [-0.15, -0.1) is 11.3 Å². The average Bonchev–Trinajstić information content (AvgIpc) is 3.96. The van der Waals surface area contributed by atoms with E-state index >= 15 is 0 Å². The number of hydrogen-bond donors (Lipinski definition) is 5. The van der Waals surface area contributed by atoms with Gasteiger partial charge in [0.2, 0.25) is 17.7 Å². The maximum Gasteiger partial charge on any atom is 0.251 e. The summed E-state index contributed by atoms with van der Waals surface area (Å²) in [4.78, 5) is 66.4. The second-order valence-electron chi connectivity index (χ2n) is 22.1. The number of nitrogens with zero attached hydrogens (tertiary/aromatic N) is 5. The molecule has 17 heteroatoms. The summed E-state index contributed by atoms with van der Waals surface area (Å²) < 4.78 is 6.38. The highest BCUT2D eigenvalue weighted by atomic mass is 35.5. The zero-order chi connectivity index (χ0) is 52.3. The highest BCUT2D eigenvalue weighted by Crippen LogP contribution is 2.55. The summed E-state index contributed by atoms with van der Waals surface area (Å²) in [7, 11) is 0. The fourth-order valence-corrected chi connectivity index (χ4v) is 12.1. The normalized spacial score (nSPS) is 22.8. The van der Waals surface area contributed by atoms with E-state index in [2.05, 4.69) is 59.6 Å². The molecule has 72 heavy (non-hydrogen) atoms. The van der Waals surface area contributed by atoms with Gasteiger partial charge in [-0.1, -0.05) is 96.5 Å². The molecule has 1 saturated carbocycles. The van der Waals surface area contributed by atoms with Crippen LogP contribution in [-0.4, -0.2) is 136 Å². The number of nitrogens with one attached hydrogen (secondary N) is 3. The number of halogens is 1. The number of aliphatic hydroxyl groups excluding tert-OH is 2. The lowest BCUT2D eigenvalue weighted by Crippen LogP contribution is -2.74. The molecule has 5 N–H and O–H groups in total. The number of likely N-dealkylation sites (tertiary alicyclic amines) is 1. The first kappa shape index (κ1) is 54.4. The molecule has 1 aromatic heterocycles. The van der Waals surface area contributed by atoms with Crippen molar-refractivity contribution in [2.24, 2.45) is 16.2 Å². The molecule has 0 spiro atoms. The predicted molar refractivity (Wildman–Crippen MR) is 279 cm³/mol. The summed E-state index contributed by atoms with van der Waals surface area (Å²) in [5, 5.41) is 40.1. The molecule has 3 heterocycles.